The number of amides is 1. The van der Waals surface area contributed by atoms with Gasteiger partial charge in [-0.05, 0) is 60.3 Å². The van der Waals surface area contributed by atoms with Crippen molar-refractivity contribution in [3.05, 3.63) is 102 Å². The maximum Gasteiger partial charge on any atom is 0.252 e. The summed E-state index contributed by atoms with van der Waals surface area (Å²) in [5.41, 5.74) is 17.3. The van der Waals surface area contributed by atoms with Crippen LogP contribution in [-0.4, -0.2) is 65.0 Å². The van der Waals surface area contributed by atoms with Crippen LogP contribution in [0.3, 0.4) is 0 Å². The third-order valence-electron chi connectivity index (χ3n) is 8.28. The zero-order valence-electron chi connectivity index (χ0n) is 25.3. The van der Waals surface area contributed by atoms with Crippen LogP contribution in [0.5, 0.6) is 0 Å². The second-order valence-electron chi connectivity index (χ2n) is 11.6. The fraction of sp³-hybridized carbons (Fsp3) is 0.343. The Morgan fingerprint density at radius 2 is 1.43 bits per heavy atom. The molecule has 0 unspecified atom stereocenters. The molecule has 8 nitrogen and oxygen atoms in total. The second kappa shape index (κ2) is 15.0. The number of nitrogens with zero attached hydrogens (tertiary/aromatic N) is 4. The number of carbonyl (C=O) groups is 1. The fourth-order valence-corrected chi connectivity index (χ4v) is 5.51. The van der Waals surface area contributed by atoms with Gasteiger partial charge in [0.2, 0.25) is 5.95 Å². The SMILES string of the molecule is CN1CCN(Cc2ccc(-c3ccc(COC4CCCC4)cc3)cc2)CC1.NC(=O)c1cc(-c2ccc(F)nc2)cnc1N. The summed E-state index contributed by atoms with van der Waals surface area (Å²) in [6, 6.07) is 22.2. The normalized spacial score (nSPS) is 16.0. The maximum atomic E-state index is 12.7. The van der Waals surface area contributed by atoms with Gasteiger partial charge in [-0.15, -0.1) is 0 Å². The highest BCUT2D eigenvalue weighted by Crippen LogP contribution is 2.25. The number of ether oxygens (including phenoxy) is 1. The van der Waals surface area contributed by atoms with E-state index in [0.29, 0.717) is 17.2 Å². The Kier molecular flexibility index (Phi) is 10.7. The van der Waals surface area contributed by atoms with Gasteiger partial charge in [0.1, 0.15) is 5.82 Å². The van der Waals surface area contributed by atoms with Crippen LogP contribution in [0, 0.1) is 5.95 Å². The molecule has 1 saturated heterocycles. The zero-order valence-corrected chi connectivity index (χ0v) is 25.3. The number of aromatic nitrogens is 2. The number of likely N-dealkylation sites (N-methyl/N-ethyl adjacent to an activating group) is 1. The molecule has 4 aromatic rings. The van der Waals surface area contributed by atoms with Crippen molar-refractivity contribution < 1.29 is 13.9 Å². The van der Waals surface area contributed by atoms with E-state index >= 15 is 0 Å². The summed E-state index contributed by atoms with van der Waals surface area (Å²) in [6.45, 7) is 6.50. The summed E-state index contributed by atoms with van der Waals surface area (Å²) < 4.78 is 18.7. The molecule has 1 aliphatic carbocycles. The molecule has 3 heterocycles. The summed E-state index contributed by atoms with van der Waals surface area (Å²) in [5.74, 6) is -1.17. The van der Waals surface area contributed by atoms with Gasteiger partial charge in [-0.1, -0.05) is 61.4 Å². The van der Waals surface area contributed by atoms with Crippen molar-refractivity contribution in [1.29, 1.82) is 0 Å². The van der Waals surface area contributed by atoms with Crippen LogP contribution in [0.15, 0.2) is 79.1 Å². The first-order valence-electron chi connectivity index (χ1n) is 15.2. The first kappa shape index (κ1) is 31.3. The van der Waals surface area contributed by atoms with Crippen molar-refractivity contribution in [2.75, 3.05) is 39.0 Å². The molecule has 230 valence electrons. The van der Waals surface area contributed by atoms with E-state index in [9.17, 15) is 9.18 Å². The van der Waals surface area contributed by atoms with E-state index in [1.807, 2.05) is 0 Å². The van der Waals surface area contributed by atoms with Crippen molar-refractivity contribution >= 4 is 11.7 Å². The molecule has 0 radical (unpaired) electrons. The minimum Gasteiger partial charge on any atom is -0.383 e. The van der Waals surface area contributed by atoms with Gasteiger partial charge in [0.05, 0.1) is 18.3 Å². The van der Waals surface area contributed by atoms with Crippen molar-refractivity contribution in [3.63, 3.8) is 0 Å². The molecule has 1 amide bonds. The molecular weight excluding hydrogens is 555 g/mol. The van der Waals surface area contributed by atoms with Crippen LogP contribution >= 0.6 is 0 Å². The molecule has 0 atom stereocenters. The lowest BCUT2D eigenvalue weighted by atomic mass is 10.0. The number of nitrogens with two attached hydrogens (primary N) is 2. The molecule has 9 heteroatoms. The summed E-state index contributed by atoms with van der Waals surface area (Å²) in [7, 11) is 2.21. The smallest absolute Gasteiger partial charge is 0.252 e. The number of nitrogen functional groups attached to an aromatic ring is 1. The molecule has 2 aromatic heterocycles. The van der Waals surface area contributed by atoms with E-state index in [4.69, 9.17) is 16.2 Å². The summed E-state index contributed by atoms with van der Waals surface area (Å²) in [4.78, 5) is 23.4. The van der Waals surface area contributed by atoms with Crippen molar-refractivity contribution in [2.45, 2.75) is 44.9 Å². The van der Waals surface area contributed by atoms with Gasteiger partial charge < -0.3 is 21.1 Å². The average Bonchev–Trinajstić information content (AvgIpc) is 3.57. The number of primary amides is 1. The molecular formula is C35H41FN6O2. The lowest BCUT2D eigenvalue weighted by Crippen LogP contribution is -2.43. The first-order valence-corrected chi connectivity index (χ1v) is 15.2. The van der Waals surface area contributed by atoms with Gasteiger partial charge in [-0.25, -0.2) is 9.97 Å². The first-order chi connectivity index (χ1) is 21.3. The largest absolute Gasteiger partial charge is 0.383 e. The van der Waals surface area contributed by atoms with Crippen LogP contribution in [0.25, 0.3) is 22.3 Å². The molecule has 1 saturated carbocycles. The molecule has 2 fully saturated rings. The lowest BCUT2D eigenvalue weighted by Gasteiger charge is -2.32. The molecule has 0 bridgehead atoms. The van der Waals surface area contributed by atoms with E-state index in [2.05, 4.69) is 75.3 Å². The fourth-order valence-electron chi connectivity index (χ4n) is 5.51. The summed E-state index contributed by atoms with van der Waals surface area (Å²) >= 11 is 0. The van der Waals surface area contributed by atoms with Crippen LogP contribution in [0.1, 0.15) is 47.2 Å². The van der Waals surface area contributed by atoms with E-state index in [0.717, 1.165) is 13.2 Å². The van der Waals surface area contributed by atoms with E-state index < -0.39 is 11.9 Å². The van der Waals surface area contributed by atoms with Gasteiger partial charge in [-0.3, -0.25) is 9.69 Å². The topological polar surface area (TPSA) is 111 Å². The maximum absolute atomic E-state index is 12.7. The summed E-state index contributed by atoms with van der Waals surface area (Å²) in [5, 5.41) is 0. The third kappa shape index (κ3) is 8.69. The highest BCUT2D eigenvalue weighted by atomic mass is 19.1. The Labute approximate surface area is 258 Å². The number of rotatable bonds is 8. The van der Waals surface area contributed by atoms with Gasteiger partial charge in [0, 0.05) is 56.2 Å². The molecule has 0 spiro atoms. The third-order valence-corrected chi connectivity index (χ3v) is 8.28. The Morgan fingerprint density at radius 1 is 0.841 bits per heavy atom. The van der Waals surface area contributed by atoms with Crippen molar-refractivity contribution in [2.24, 2.45) is 5.73 Å². The molecule has 6 rings (SSSR count). The molecule has 4 N–H and O–H groups in total. The van der Waals surface area contributed by atoms with Gasteiger partial charge in [-0.2, -0.15) is 4.39 Å². The van der Waals surface area contributed by atoms with Crippen LogP contribution in [0.2, 0.25) is 0 Å². The number of pyridine rings is 2. The molecule has 2 aromatic carbocycles. The molecule has 44 heavy (non-hydrogen) atoms. The summed E-state index contributed by atoms with van der Waals surface area (Å²) in [6.07, 6.45) is 8.42. The number of carbonyl (C=O) groups excluding carboxylic acids is 1. The van der Waals surface area contributed by atoms with Crippen LogP contribution in [0.4, 0.5) is 10.2 Å². The number of anilines is 1. The predicted octanol–water partition coefficient (Wildman–Crippen LogP) is 5.52. The minimum atomic E-state index is -0.660. The zero-order chi connectivity index (χ0) is 30.9. The standard InChI is InChI=1S/C24H32N2O.C11H9FN4O/c1-25-14-16-26(17-15-25)18-20-6-10-22(11-7-20)23-12-8-21(9-13-23)19-27-24-4-2-3-5-24;12-9-2-1-6(4-15-9)7-3-8(11(14)17)10(13)16-5-7/h6-13,24H,2-5,14-19H2,1H3;1-5H,(H2,13,16)(H2,14,17). The quantitative estimate of drug-likeness (QED) is 0.258. The van der Waals surface area contributed by atoms with Crippen molar-refractivity contribution in [3.8, 4) is 22.3 Å². The van der Waals surface area contributed by atoms with Gasteiger partial charge in [0.25, 0.3) is 5.91 Å². The van der Waals surface area contributed by atoms with Gasteiger partial charge in [0.15, 0.2) is 0 Å². The Morgan fingerprint density at radius 3 is 2.02 bits per heavy atom. The van der Waals surface area contributed by atoms with Crippen LogP contribution < -0.4 is 11.5 Å². The monoisotopic (exact) mass is 596 g/mol. The van der Waals surface area contributed by atoms with Gasteiger partial charge >= 0.3 is 0 Å². The average molecular weight is 597 g/mol. The second-order valence-corrected chi connectivity index (χ2v) is 11.6. The van der Waals surface area contributed by atoms with E-state index in [1.54, 1.807) is 0 Å². The predicted molar refractivity (Wildman–Crippen MR) is 172 cm³/mol. The number of benzene rings is 2. The lowest BCUT2D eigenvalue weighted by molar-refractivity contribution is 0.0457. The Balaban J connectivity index is 0.000000195. The Hall–Kier alpha value is -4.18. The van der Waals surface area contributed by atoms with E-state index in [-0.39, 0.29) is 11.4 Å². The number of halogens is 1. The minimum absolute atomic E-state index is 0.0660. The highest BCUT2D eigenvalue weighted by Gasteiger charge is 2.16. The number of hydrogen-bond donors (Lipinski definition) is 2. The van der Waals surface area contributed by atoms with Crippen LogP contribution in [-0.2, 0) is 17.9 Å². The van der Waals surface area contributed by atoms with Crippen molar-refractivity contribution in [1.82, 2.24) is 19.8 Å². The number of piperazine rings is 1. The molecule has 1 aliphatic heterocycles. The Bertz CT molecular complexity index is 1500. The highest BCUT2D eigenvalue weighted by molar-refractivity contribution is 5.98. The van der Waals surface area contributed by atoms with E-state index in [1.165, 1.54) is 105 Å². The number of hydrogen-bond acceptors (Lipinski definition) is 7. The molecule has 2 aliphatic rings.